The molecule has 3 N–H and O–H groups in total. The summed E-state index contributed by atoms with van der Waals surface area (Å²) in [5.74, 6) is -2.98. The van der Waals surface area contributed by atoms with Crippen molar-refractivity contribution in [2.24, 2.45) is 11.8 Å². The van der Waals surface area contributed by atoms with Gasteiger partial charge in [0.05, 0.1) is 0 Å². The van der Waals surface area contributed by atoms with Gasteiger partial charge in [0.1, 0.15) is 0 Å². The van der Waals surface area contributed by atoms with E-state index in [2.05, 4.69) is 0 Å². The average Bonchev–Trinajstić information content (AvgIpc) is 1.62. The van der Waals surface area contributed by atoms with E-state index in [4.69, 9.17) is 15.3 Å². The molecule has 0 bridgehead atoms. The van der Waals surface area contributed by atoms with Gasteiger partial charge in [0, 0.05) is 5.92 Å². The Balaban J connectivity index is 3.88. The SMILES string of the molecule is CC(C)C(C)C(O)(O)O. The van der Waals surface area contributed by atoms with Gasteiger partial charge >= 0.3 is 0 Å². The van der Waals surface area contributed by atoms with Crippen LogP contribution in [0.1, 0.15) is 20.8 Å². The first-order valence-electron chi connectivity index (χ1n) is 3.02. The van der Waals surface area contributed by atoms with Gasteiger partial charge in [0.2, 0.25) is 0 Å². The van der Waals surface area contributed by atoms with Crippen molar-refractivity contribution in [1.29, 1.82) is 0 Å². The maximum absolute atomic E-state index is 8.57. The van der Waals surface area contributed by atoms with Crippen LogP contribution in [0.3, 0.4) is 0 Å². The molecule has 1 unspecified atom stereocenters. The van der Waals surface area contributed by atoms with Crippen LogP contribution in [0.2, 0.25) is 0 Å². The average molecular weight is 134 g/mol. The van der Waals surface area contributed by atoms with Gasteiger partial charge in [-0.3, -0.25) is 0 Å². The third kappa shape index (κ3) is 2.79. The van der Waals surface area contributed by atoms with E-state index in [1.807, 2.05) is 13.8 Å². The lowest BCUT2D eigenvalue weighted by molar-refractivity contribution is -0.345. The van der Waals surface area contributed by atoms with Crippen molar-refractivity contribution in [3.63, 3.8) is 0 Å². The fraction of sp³-hybridized carbons (Fsp3) is 1.00. The molecule has 0 heterocycles. The highest BCUT2D eigenvalue weighted by atomic mass is 16.7. The van der Waals surface area contributed by atoms with E-state index in [0.29, 0.717) is 0 Å². The first-order chi connectivity index (χ1) is 3.85. The van der Waals surface area contributed by atoms with Crippen LogP contribution in [0.25, 0.3) is 0 Å². The molecule has 0 saturated carbocycles. The van der Waals surface area contributed by atoms with Crippen LogP contribution in [0.4, 0.5) is 0 Å². The predicted molar refractivity (Wildman–Crippen MR) is 33.4 cm³/mol. The molecule has 1 atom stereocenters. The van der Waals surface area contributed by atoms with E-state index in [-0.39, 0.29) is 5.92 Å². The summed E-state index contributed by atoms with van der Waals surface area (Å²) in [6.45, 7) is 5.19. The number of hydrogen-bond donors (Lipinski definition) is 3. The molecule has 0 saturated heterocycles. The minimum Gasteiger partial charge on any atom is -0.343 e. The van der Waals surface area contributed by atoms with Gasteiger partial charge in [0.15, 0.2) is 0 Å². The largest absolute Gasteiger partial charge is 0.343 e. The van der Waals surface area contributed by atoms with Crippen molar-refractivity contribution >= 4 is 0 Å². The molecule has 0 rings (SSSR count). The van der Waals surface area contributed by atoms with Crippen molar-refractivity contribution < 1.29 is 15.3 Å². The molecule has 56 valence electrons. The lowest BCUT2D eigenvalue weighted by Gasteiger charge is -2.24. The zero-order chi connectivity index (χ0) is 7.65. The normalized spacial score (nSPS) is 16.3. The van der Waals surface area contributed by atoms with Crippen LogP contribution in [-0.2, 0) is 0 Å². The number of rotatable bonds is 2. The van der Waals surface area contributed by atoms with Crippen molar-refractivity contribution in [3.05, 3.63) is 0 Å². The van der Waals surface area contributed by atoms with Gasteiger partial charge < -0.3 is 15.3 Å². The Morgan fingerprint density at radius 1 is 1.00 bits per heavy atom. The maximum Gasteiger partial charge on any atom is 0.278 e. The second-order valence-corrected chi connectivity index (χ2v) is 2.72. The van der Waals surface area contributed by atoms with E-state index in [0.717, 1.165) is 0 Å². The van der Waals surface area contributed by atoms with E-state index in [9.17, 15) is 0 Å². The molecule has 0 aliphatic rings. The van der Waals surface area contributed by atoms with Gasteiger partial charge in [-0.1, -0.05) is 20.8 Å². The molecular formula is C6H14O3. The molecule has 0 aromatic carbocycles. The highest BCUT2D eigenvalue weighted by Crippen LogP contribution is 2.18. The molecular weight excluding hydrogens is 120 g/mol. The minimum atomic E-state index is -2.52. The summed E-state index contributed by atoms with van der Waals surface area (Å²) in [4.78, 5) is 0. The first kappa shape index (κ1) is 8.88. The topological polar surface area (TPSA) is 60.7 Å². The van der Waals surface area contributed by atoms with Crippen molar-refractivity contribution in [2.75, 3.05) is 0 Å². The number of aliphatic hydroxyl groups is 3. The van der Waals surface area contributed by atoms with Gasteiger partial charge in [-0.2, -0.15) is 0 Å². The lowest BCUT2D eigenvalue weighted by atomic mass is 9.96. The Morgan fingerprint density at radius 3 is 1.33 bits per heavy atom. The Kier molecular flexibility index (Phi) is 2.61. The molecule has 0 spiro atoms. The molecule has 0 fully saturated rings. The van der Waals surface area contributed by atoms with Crippen LogP contribution in [0, 0.1) is 11.8 Å². The second kappa shape index (κ2) is 2.64. The van der Waals surface area contributed by atoms with E-state index in [1.165, 1.54) is 0 Å². The highest BCUT2D eigenvalue weighted by molar-refractivity contribution is 4.62. The third-order valence-corrected chi connectivity index (χ3v) is 1.61. The van der Waals surface area contributed by atoms with Crippen LogP contribution in [0.5, 0.6) is 0 Å². The molecule has 0 aromatic rings. The third-order valence-electron chi connectivity index (χ3n) is 1.61. The lowest BCUT2D eigenvalue weighted by Crippen LogP contribution is -2.38. The Morgan fingerprint density at radius 2 is 1.33 bits per heavy atom. The summed E-state index contributed by atoms with van der Waals surface area (Å²) >= 11 is 0. The van der Waals surface area contributed by atoms with Gasteiger partial charge in [0.25, 0.3) is 5.97 Å². The monoisotopic (exact) mass is 134 g/mol. The highest BCUT2D eigenvalue weighted by Gasteiger charge is 2.29. The second-order valence-electron chi connectivity index (χ2n) is 2.72. The van der Waals surface area contributed by atoms with E-state index in [1.54, 1.807) is 6.92 Å². The first-order valence-corrected chi connectivity index (χ1v) is 3.02. The zero-order valence-electron chi connectivity index (χ0n) is 6.00. The van der Waals surface area contributed by atoms with E-state index >= 15 is 0 Å². The summed E-state index contributed by atoms with van der Waals surface area (Å²) in [5.41, 5.74) is 0. The van der Waals surface area contributed by atoms with Crippen LogP contribution < -0.4 is 0 Å². The molecule has 9 heavy (non-hydrogen) atoms. The Hall–Kier alpha value is -0.120. The van der Waals surface area contributed by atoms with Gasteiger partial charge in [-0.05, 0) is 5.92 Å². The smallest absolute Gasteiger partial charge is 0.278 e. The van der Waals surface area contributed by atoms with Crippen LogP contribution in [0.15, 0.2) is 0 Å². The van der Waals surface area contributed by atoms with Gasteiger partial charge in [-0.25, -0.2) is 0 Å². The molecule has 0 aromatic heterocycles. The van der Waals surface area contributed by atoms with Crippen molar-refractivity contribution in [1.82, 2.24) is 0 Å². The van der Waals surface area contributed by atoms with Gasteiger partial charge in [-0.15, -0.1) is 0 Å². The predicted octanol–water partition coefficient (Wildman–Crippen LogP) is -0.0908. The Labute approximate surface area is 54.9 Å². The van der Waals surface area contributed by atoms with Crippen LogP contribution in [-0.4, -0.2) is 21.3 Å². The standard InChI is InChI=1S/C6H14O3/c1-4(2)5(3)6(7,8)9/h4-5,7-9H,1-3H3. The summed E-state index contributed by atoms with van der Waals surface area (Å²) in [7, 11) is 0. The number of hydrogen-bond acceptors (Lipinski definition) is 3. The molecule has 3 heteroatoms. The molecule has 3 nitrogen and oxygen atoms in total. The minimum absolute atomic E-state index is 0.0602. The zero-order valence-corrected chi connectivity index (χ0v) is 6.00. The quantitative estimate of drug-likeness (QED) is 0.462. The molecule has 0 radical (unpaired) electrons. The summed E-state index contributed by atoms with van der Waals surface area (Å²) in [5, 5.41) is 25.7. The van der Waals surface area contributed by atoms with Crippen molar-refractivity contribution in [2.45, 2.75) is 26.7 Å². The van der Waals surface area contributed by atoms with Crippen LogP contribution >= 0.6 is 0 Å². The summed E-state index contributed by atoms with van der Waals surface area (Å²) in [6, 6.07) is 0. The molecule has 0 aliphatic heterocycles. The fourth-order valence-electron chi connectivity index (χ4n) is 0.447. The molecule has 0 aliphatic carbocycles. The summed E-state index contributed by atoms with van der Waals surface area (Å²) in [6.07, 6.45) is 0. The summed E-state index contributed by atoms with van der Waals surface area (Å²) < 4.78 is 0. The maximum atomic E-state index is 8.57. The van der Waals surface area contributed by atoms with Crippen molar-refractivity contribution in [3.8, 4) is 0 Å². The Bertz CT molecular complexity index is 82.8. The van der Waals surface area contributed by atoms with E-state index < -0.39 is 11.9 Å². The molecule has 0 amide bonds. The fourth-order valence-corrected chi connectivity index (χ4v) is 0.447.